The Morgan fingerprint density at radius 2 is 2.17 bits per heavy atom. The zero-order chi connectivity index (χ0) is 13.0. The van der Waals surface area contributed by atoms with E-state index in [2.05, 4.69) is 10.3 Å². The molecule has 0 fully saturated rings. The number of nitrogens with one attached hydrogen (secondary N) is 1. The van der Waals surface area contributed by atoms with Crippen LogP contribution in [0, 0.1) is 0 Å². The zero-order valence-corrected chi connectivity index (χ0v) is 10.1. The first-order valence-corrected chi connectivity index (χ1v) is 6.04. The van der Waals surface area contributed by atoms with E-state index in [1.54, 1.807) is 0 Å². The number of hydrogen-bond acceptors (Lipinski definition) is 4. The predicted molar refractivity (Wildman–Crippen MR) is 67.8 cm³/mol. The topological polar surface area (TPSA) is 79.3 Å². The van der Waals surface area contributed by atoms with Gasteiger partial charge in [0, 0.05) is 11.1 Å². The van der Waals surface area contributed by atoms with Gasteiger partial charge >= 0.3 is 5.97 Å². The second-order valence-electron chi connectivity index (χ2n) is 3.54. The fourth-order valence-electron chi connectivity index (χ4n) is 1.35. The van der Waals surface area contributed by atoms with Crippen LogP contribution in [0.25, 0.3) is 0 Å². The molecule has 0 saturated carbocycles. The maximum Gasteiger partial charge on any atom is 0.337 e. The highest BCUT2D eigenvalue weighted by Gasteiger charge is 2.07. The lowest BCUT2D eigenvalue weighted by Gasteiger charge is -2.03. The van der Waals surface area contributed by atoms with E-state index < -0.39 is 5.97 Å². The first-order chi connectivity index (χ1) is 8.65. The average Bonchev–Trinajstić information content (AvgIpc) is 2.82. The Balaban J connectivity index is 1.97. The van der Waals surface area contributed by atoms with Crippen LogP contribution in [-0.2, 0) is 11.2 Å². The van der Waals surface area contributed by atoms with Crippen molar-refractivity contribution in [1.29, 1.82) is 0 Å². The number of amides is 1. The molecule has 0 radical (unpaired) electrons. The summed E-state index contributed by atoms with van der Waals surface area (Å²) in [5, 5.41) is 13.2. The van der Waals surface area contributed by atoms with Crippen molar-refractivity contribution in [1.82, 2.24) is 4.98 Å². The predicted octanol–water partition coefficient (Wildman–Crippen LogP) is 2.02. The Morgan fingerprint density at radius 3 is 2.72 bits per heavy atom. The molecule has 2 N–H and O–H groups in total. The van der Waals surface area contributed by atoms with E-state index in [-0.39, 0.29) is 11.5 Å². The van der Waals surface area contributed by atoms with Gasteiger partial charge in [0.15, 0.2) is 0 Å². The van der Waals surface area contributed by atoms with Gasteiger partial charge in [0.25, 0.3) is 0 Å². The van der Waals surface area contributed by atoms with E-state index in [1.165, 1.54) is 29.7 Å². The van der Waals surface area contributed by atoms with Crippen molar-refractivity contribution in [2.45, 2.75) is 6.42 Å². The maximum absolute atomic E-state index is 11.6. The largest absolute Gasteiger partial charge is 0.478 e. The molecule has 0 spiro atoms. The summed E-state index contributed by atoms with van der Waals surface area (Å²) in [7, 11) is 0. The molecule has 0 bridgehead atoms. The number of rotatable bonds is 4. The molecule has 0 atom stereocenters. The molecule has 92 valence electrons. The van der Waals surface area contributed by atoms with Gasteiger partial charge in [-0.3, -0.25) is 4.79 Å². The molecule has 2 aromatic heterocycles. The number of nitrogens with zero attached hydrogens (tertiary/aromatic N) is 1. The number of carbonyl (C=O) groups excluding carboxylic acids is 1. The van der Waals surface area contributed by atoms with Gasteiger partial charge in [0.2, 0.25) is 5.91 Å². The van der Waals surface area contributed by atoms with Crippen LogP contribution in [0.4, 0.5) is 5.82 Å². The van der Waals surface area contributed by atoms with Crippen molar-refractivity contribution < 1.29 is 14.7 Å². The average molecular weight is 262 g/mol. The number of carboxylic acids is 1. The first kappa shape index (κ1) is 12.3. The summed E-state index contributed by atoms with van der Waals surface area (Å²) in [4.78, 5) is 27.1. The zero-order valence-electron chi connectivity index (χ0n) is 9.29. The minimum atomic E-state index is -1.04. The summed E-state index contributed by atoms with van der Waals surface area (Å²) in [6.45, 7) is 0. The minimum Gasteiger partial charge on any atom is -0.478 e. The monoisotopic (exact) mass is 262 g/mol. The highest BCUT2D eigenvalue weighted by atomic mass is 32.1. The number of carbonyl (C=O) groups is 2. The van der Waals surface area contributed by atoms with E-state index in [0.717, 1.165) is 4.88 Å². The summed E-state index contributed by atoms with van der Waals surface area (Å²) < 4.78 is 0. The maximum atomic E-state index is 11.6. The van der Waals surface area contributed by atoms with Crippen LogP contribution < -0.4 is 5.32 Å². The van der Waals surface area contributed by atoms with Gasteiger partial charge in [-0.1, -0.05) is 6.07 Å². The molecule has 0 aliphatic rings. The van der Waals surface area contributed by atoms with Gasteiger partial charge in [0.05, 0.1) is 12.0 Å². The van der Waals surface area contributed by atoms with E-state index in [9.17, 15) is 9.59 Å². The van der Waals surface area contributed by atoms with Crippen molar-refractivity contribution in [2.75, 3.05) is 5.32 Å². The number of anilines is 1. The molecule has 2 rings (SSSR count). The third-order valence-corrected chi connectivity index (χ3v) is 3.07. The van der Waals surface area contributed by atoms with Gasteiger partial charge in [-0.15, -0.1) is 11.3 Å². The molecular weight excluding hydrogens is 252 g/mol. The number of aromatic carboxylic acids is 1. The fourth-order valence-corrected chi connectivity index (χ4v) is 2.06. The molecule has 0 unspecified atom stereocenters. The number of carboxylic acid groups (broad SMARTS) is 1. The second-order valence-corrected chi connectivity index (χ2v) is 4.57. The number of pyridine rings is 1. The van der Waals surface area contributed by atoms with Crippen LogP contribution in [0.3, 0.4) is 0 Å². The Bertz CT molecular complexity index is 549. The summed E-state index contributed by atoms with van der Waals surface area (Å²) >= 11 is 1.51. The van der Waals surface area contributed by atoms with Gasteiger partial charge < -0.3 is 10.4 Å². The lowest BCUT2D eigenvalue weighted by molar-refractivity contribution is -0.115. The second kappa shape index (κ2) is 5.42. The SMILES string of the molecule is O=C(Cc1cccs1)Nc1ccc(C(=O)O)cn1. The third-order valence-electron chi connectivity index (χ3n) is 2.19. The van der Waals surface area contributed by atoms with Crippen LogP contribution in [0.15, 0.2) is 35.8 Å². The highest BCUT2D eigenvalue weighted by molar-refractivity contribution is 7.10. The lowest BCUT2D eigenvalue weighted by atomic mass is 10.3. The number of hydrogen-bond donors (Lipinski definition) is 2. The van der Waals surface area contributed by atoms with Crippen molar-refractivity contribution in [3.05, 3.63) is 46.3 Å². The lowest BCUT2D eigenvalue weighted by Crippen LogP contribution is -2.14. The first-order valence-electron chi connectivity index (χ1n) is 5.17. The Morgan fingerprint density at radius 1 is 1.33 bits per heavy atom. The van der Waals surface area contributed by atoms with Crippen molar-refractivity contribution in [3.63, 3.8) is 0 Å². The summed E-state index contributed by atoms with van der Waals surface area (Å²) in [6, 6.07) is 6.63. The van der Waals surface area contributed by atoms with E-state index in [1.807, 2.05) is 17.5 Å². The van der Waals surface area contributed by atoms with E-state index in [4.69, 9.17) is 5.11 Å². The Kier molecular flexibility index (Phi) is 3.69. The van der Waals surface area contributed by atoms with Crippen LogP contribution in [0.2, 0.25) is 0 Å². The van der Waals surface area contributed by atoms with E-state index >= 15 is 0 Å². The molecule has 5 nitrogen and oxygen atoms in total. The standard InChI is InChI=1S/C12H10N2O3S/c15-11(6-9-2-1-5-18-9)14-10-4-3-8(7-13-10)12(16)17/h1-5,7H,6H2,(H,16,17)(H,13,14,15). The van der Waals surface area contributed by atoms with Gasteiger partial charge in [-0.25, -0.2) is 9.78 Å². The van der Waals surface area contributed by atoms with Crippen LogP contribution in [-0.4, -0.2) is 22.0 Å². The molecule has 18 heavy (non-hydrogen) atoms. The van der Waals surface area contributed by atoms with Crippen LogP contribution >= 0.6 is 11.3 Å². The van der Waals surface area contributed by atoms with Crippen molar-refractivity contribution in [3.8, 4) is 0 Å². The minimum absolute atomic E-state index is 0.0891. The highest BCUT2D eigenvalue weighted by Crippen LogP contribution is 2.11. The molecular formula is C12H10N2O3S. The summed E-state index contributed by atoms with van der Waals surface area (Å²) in [5.41, 5.74) is 0.0891. The van der Waals surface area contributed by atoms with Gasteiger partial charge in [-0.2, -0.15) is 0 Å². The van der Waals surface area contributed by atoms with Crippen LogP contribution in [0.1, 0.15) is 15.2 Å². The van der Waals surface area contributed by atoms with Crippen molar-refractivity contribution in [2.24, 2.45) is 0 Å². The smallest absolute Gasteiger partial charge is 0.337 e. The number of aromatic nitrogens is 1. The Hall–Kier alpha value is -2.21. The quantitative estimate of drug-likeness (QED) is 0.883. The molecule has 2 heterocycles. The Labute approximate surface area is 107 Å². The molecule has 6 heteroatoms. The summed E-state index contributed by atoms with van der Waals surface area (Å²) in [5.74, 6) is -0.867. The van der Waals surface area contributed by atoms with Gasteiger partial charge in [0.1, 0.15) is 5.82 Å². The molecule has 1 amide bonds. The molecule has 2 aromatic rings. The third kappa shape index (κ3) is 3.14. The van der Waals surface area contributed by atoms with Crippen molar-refractivity contribution >= 4 is 29.0 Å². The number of thiophene rings is 1. The molecule has 0 saturated heterocycles. The summed E-state index contributed by atoms with van der Waals surface area (Å²) in [6.07, 6.45) is 1.50. The van der Waals surface area contributed by atoms with Crippen LogP contribution in [0.5, 0.6) is 0 Å². The normalized spacial score (nSPS) is 10.0. The molecule has 0 aromatic carbocycles. The fraction of sp³-hybridized carbons (Fsp3) is 0.0833. The van der Waals surface area contributed by atoms with Gasteiger partial charge in [-0.05, 0) is 23.6 Å². The van der Waals surface area contributed by atoms with E-state index in [0.29, 0.717) is 12.2 Å². The molecule has 0 aliphatic heterocycles. The molecule has 0 aliphatic carbocycles.